The van der Waals surface area contributed by atoms with Gasteiger partial charge < -0.3 is 19.5 Å². The highest BCUT2D eigenvalue weighted by molar-refractivity contribution is 8.00. The summed E-state index contributed by atoms with van der Waals surface area (Å²) in [7, 11) is 4.75. The van der Waals surface area contributed by atoms with Crippen molar-refractivity contribution in [2.45, 2.75) is 5.03 Å². The van der Waals surface area contributed by atoms with Crippen LogP contribution >= 0.6 is 11.8 Å². The van der Waals surface area contributed by atoms with Crippen molar-refractivity contribution in [3.63, 3.8) is 0 Å². The molecule has 2 aromatic heterocycles. The lowest BCUT2D eigenvalue weighted by molar-refractivity contribution is -0.113. The predicted octanol–water partition coefficient (Wildman–Crippen LogP) is 4.15. The third-order valence-corrected chi connectivity index (χ3v) is 5.75. The number of methoxy groups -OCH3 is 3. The zero-order chi connectivity index (χ0) is 22.5. The van der Waals surface area contributed by atoms with E-state index in [1.54, 1.807) is 56.4 Å². The first-order valence-electron chi connectivity index (χ1n) is 9.75. The van der Waals surface area contributed by atoms with Crippen LogP contribution in [0.4, 0.5) is 5.69 Å². The molecule has 0 saturated carbocycles. The molecule has 0 atom stereocenters. The highest BCUT2D eigenvalue weighted by Gasteiger charge is 2.15. The molecular weight excluding hydrogens is 428 g/mol. The predicted molar refractivity (Wildman–Crippen MR) is 124 cm³/mol. The maximum atomic E-state index is 12.6. The molecule has 0 spiro atoms. The van der Waals surface area contributed by atoms with Crippen LogP contribution in [0.2, 0.25) is 0 Å². The number of benzene rings is 2. The van der Waals surface area contributed by atoms with Crippen molar-refractivity contribution in [1.82, 2.24) is 14.6 Å². The molecule has 0 unspecified atom stereocenters. The molecule has 0 aliphatic rings. The Balaban J connectivity index is 1.51. The summed E-state index contributed by atoms with van der Waals surface area (Å²) in [6.07, 6.45) is 3.44. The van der Waals surface area contributed by atoms with Gasteiger partial charge in [0.05, 0.1) is 44.0 Å². The molecule has 1 N–H and O–H groups in total. The second-order valence-corrected chi connectivity index (χ2v) is 7.66. The van der Waals surface area contributed by atoms with Crippen molar-refractivity contribution in [2.75, 3.05) is 32.4 Å². The number of amides is 1. The first-order valence-corrected chi connectivity index (χ1v) is 10.7. The van der Waals surface area contributed by atoms with E-state index < -0.39 is 0 Å². The zero-order valence-corrected chi connectivity index (χ0v) is 18.7. The Kier molecular flexibility index (Phi) is 6.46. The van der Waals surface area contributed by atoms with E-state index in [0.29, 0.717) is 22.2 Å². The number of hydrogen-bond donors (Lipinski definition) is 1. The molecule has 4 rings (SSSR count). The molecule has 0 saturated heterocycles. The van der Waals surface area contributed by atoms with Crippen LogP contribution in [0.1, 0.15) is 0 Å². The molecule has 32 heavy (non-hydrogen) atoms. The molecule has 0 aliphatic carbocycles. The molecule has 0 aliphatic heterocycles. The van der Waals surface area contributed by atoms with Gasteiger partial charge in [-0.1, -0.05) is 23.9 Å². The monoisotopic (exact) mass is 450 g/mol. The van der Waals surface area contributed by atoms with E-state index in [1.165, 1.54) is 11.8 Å². The van der Waals surface area contributed by atoms with E-state index in [9.17, 15) is 4.79 Å². The minimum Gasteiger partial charge on any atom is -0.497 e. The summed E-state index contributed by atoms with van der Waals surface area (Å²) < 4.78 is 17.7. The number of para-hydroxylation sites is 1. The fourth-order valence-corrected chi connectivity index (χ4v) is 3.99. The number of carbonyl (C=O) groups excluding carboxylic acids is 1. The number of rotatable bonds is 8. The van der Waals surface area contributed by atoms with Gasteiger partial charge in [-0.25, -0.2) is 9.50 Å². The van der Waals surface area contributed by atoms with Crippen molar-refractivity contribution in [3.8, 4) is 28.5 Å². The number of hydrogen-bond acceptors (Lipinski definition) is 7. The van der Waals surface area contributed by atoms with Gasteiger partial charge in [-0.2, -0.15) is 5.10 Å². The van der Waals surface area contributed by atoms with Crippen LogP contribution < -0.4 is 19.5 Å². The molecule has 1 amide bonds. The summed E-state index contributed by atoms with van der Waals surface area (Å²) >= 11 is 1.34. The van der Waals surface area contributed by atoms with Crippen molar-refractivity contribution in [3.05, 3.63) is 60.9 Å². The summed E-state index contributed by atoms with van der Waals surface area (Å²) in [4.78, 5) is 17.0. The van der Waals surface area contributed by atoms with Crippen LogP contribution in [0.25, 0.3) is 16.8 Å². The lowest BCUT2D eigenvalue weighted by Crippen LogP contribution is -2.15. The third-order valence-electron chi connectivity index (χ3n) is 4.76. The molecule has 2 heterocycles. The van der Waals surface area contributed by atoms with E-state index in [0.717, 1.165) is 22.5 Å². The molecule has 164 valence electrons. The number of thioether (sulfide) groups is 1. The molecule has 0 bridgehead atoms. The van der Waals surface area contributed by atoms with Gasteiger partial charge >= 0.3 is 0 Å². The molecule has 0 fully saturated rings. The van der Waals surface area contributed by atoms with Gasteiger partial charge in [0.1, 0.15) is 22.3 Å². The van der Waals surface area contributed by atoms with Crippen LogP contribution in [0.5, 0.6) is 17.2 Å². The summed E-state index contributed by atoms with van der Waals surface area (Å²) in [5, 5.41) is 8.22. The zero-order valence-electron chi connectivity index (χ0n) is 17.9. The van der Waals surface area contributed by atoms with Gasteiger partial charge in [0, 0.05) is 24.0 Å². The quantitative estimate of drug-likeness (QED) is 0.404. The number of carbonyl (C=O) groups is 1. The second-order valence-electron chi connectivity index (χ2n) is 6.70. The van der Waals surface area contributed by atoms with Crippen molar-refractivity contribution < 1.29 is 19.0 Å². The first kappa shape index (κ1) is 21.5. The van der Waals surface area contributed by atoms with Gasteiger partial charge in [0.15, 0.2) is 0 Å². The smallest absolute Gasteiger partial charge is 0.234 e. The van der Waals surface area contributed by atoms with Crippen LogP contribution in [-0.2, 0) is 4.79 Å². The van der Waals surface area contributed by atoms with Gasteiger partial charge in [0.25, 0.3) is 0 Å². The Labute approximate surface area is 189 Å². The number of anilines is 1. The topological polar surface area (TPSA) is 87.0 Å². The maximum absolute atomic E-state index is 12.6. The molecule has 8 nitrogen and oxygen atoms in total. The number of fused-ring (bicyclic) bond motifs is 1. The molecular formula is C23H22N4O4S. The Hall–Kier alpha value is -3.72. The summed E-state index contributed by atoms with van der Waals surface area (Å²) in [5.74, 6) is 1.92. The number of nitrogens with one attached hydrogen (secondary N) is 1. The Morgan fingerprint density at radius 3 is 2.62 bits per heavy atom. The van der Waals surface area contributed by atoms with Crippen LogP contribution in [0.15, 0.2) is 66.0 Å². The number of nitrogens with zero attached hydrogens (tertiary/aromatic N) is 3. The van der Waals surface area contributed by atoms with Crippen molar-refractivity contribution >= 4 is 28.9 Å². The van der Waals surface area contributed by atoms with Crippen molar-refractivity contribution in [1.29, 1.82) is 0 Å². The second kappa shape index (κ2) is 9.61. The Bertz CT molecular complexity index is 1260. The summed E-state index contributed by atoms with van der Waals surface area (Å²) in [6, 6.07) is 14.9. The molecule has 4 aromatic rings. The van der Waals surface area contributed by atoms with E-state index >= 15 is 0 Å². The van der Waals surface area contributed by atoms with Gasteiger partial charge in [-0.3, -0.25) is 4.79 Å². The van der Waals surface area contributed by atoms with E-state index in [2.05, 4.69) is 15.4 Å². The van der Waals surface area contributed by atoms with Gasteiger partial charge in [0.2, 0.25) is 5.91 Å². The van der Waals surface area contributed by atoms with E-state index in [-0.39, 0.29) is 11.7 Å². The highest BCUT2D eigenvalue weighted by atomic mass is 32.2. The van der Waals surface area contributed by atoms with Crippen molar-refractivity contribution in [2.24, 2.45) is 0 Å². The Morgan fingerprint density at radius 2 is 1.84 bits per heavy atom. The summed E-state index contributed by atoms with van der Waals surface area (Å²) in [5.41, 5.74) is 3.05. The SMILES string of the molecule is COc1ccc(NC(=O)CSc2nccn3nc(-c4ccccc4OC)cc23)c(OC)c1. The molecule has 0 radical (unpaired) electrons. The largest absolute Gasteiger partial charge is 0.497 e. The highest BCUT2D eigenvalue weighted by Crippen LogP contribution is 2.32. The average molecular weight is 451 g/mol. The summed E-state index contributed by atoms with van der Waals surface area (Å²) in [6.45, 7) is 0. The van der Waals surface area contributed by atoms with E-state index in [1.807, 2.05) is 30.3 Å². The fraction of sp³-hybridized carbons (Fsp3) is 0.174. The van der Waals surface area contributed by atoms with Crippen LogP contribution in [0.3, 0.4) is 0 Å². The van der Waals surface area contributed by atoms with Crippen LogP contribution in [0, 0.1) is 0 Å². The standard InChI is InChI=1S/C23H22N4O4S/c1-29-15-8-9-17(21(12-15)31-3)25-22(28)14-32-23-19-13-18(26-27(19)11-10-24-23)16-6-4-5-7-20(16)30-2/h4-13H,14H2,1-3H3,(H,25,28). The van der Waals surface area contributed by atoms with E-state index in [4.69, 9.17) is 14.2 Å². The molecule has 9 heteroatoms. The lowest BCUT2D eigenvalue weighted by atomic mass is 10.1. The number of ether oxygens (including phenoxy) is 3. The minimum absolute atomic E-state index is 0.174. The number of aromatic nitrogens is 3. The van der Waals surface area contributed by atoms with Crippen LogP contribution in [-0.4, -0.2) is 47.6 Å². The lowest BCUT2D eigenvalue weighted by Gasteiger charge is -2.11. The average Bonchev–Trinajstić information content (AvgIpc) is 3.27. The third kappa shape index (κ3) is 4.47. The fourth-order valence-electron chi connectivity index (χ4n) is 3.22. The first-order chi connectivity index (χ1) is 15.6. The maximum Gasteiger partial charge on any atom is 0.234 e. The van der Waals surface area contributed by atoms with Gasteiger partial charge in [-0.05, 0) is 30.3 Å². The normalized spacial score (nSPS) is 10.7. The molecule has 2 aromatic carbocycles. The minimum atomic E-state index is -0.174. The Morgan fingerprint density at radius 1 is 1.03 bits per heavy atom. The van der Waals surface area contributed by atoms with Gasteiger partial charge in [-0.15, -0.1) is 0 Å².